The van der Waals surface area contributed by atoms with Gasteiger partial charge in [-0.1, -0.05) is 52.5 Å². The Morgan fingerprint density at radius 3 is 2.20 bits per heavy atom. The van der Waals surface area contributed by atoms with Crippen molar-refractivity contribution >= 4 is 52.4 Å². The second-order valence-electron chi connectivity index (χ2n) is 3.88. The van der Waals surface area contributed by atoms with Gasteiger partial charge in [-0.05, 0) is 23.8 Å². The molecule has 0 saturated heterocycles. The van der Waals surface area contributed by atoms with Crippen molar-refractivity contribution < 1.29 is 15.0 Å². The van der Waals surface area contributed by atoms with Crippen LogP contribution in [0, 0.1) is 0 Å². The Balaban J connectivity index is 2.72. The Morgan fingerprint density at radius 2 is 1.60 bits per heavy atom. The molecular formula is C13H6Cl4O3. The molecule has 0 aliphatic carbocycles. The first kappa shape index (κ1) is 15.3. The molecule has 0 bridgehead atoms. The number of halogens is 4. The lowest BCUT2D eigenvalue weighted by molar-refractivity contribution is 0.0694. The van der Waals surface area contributed by atoms with Gasteiger partial charge in [-0.2, -0.15) is 0 Å². The van der Waals surface area contributed by atoms with Crippen LogP contribution in [-0.2, 0) is 0 Å². The third-order valence-corrected chi connectivity index (χ3v) is 4.19. The molecule has 104 valence electrons. The highest BCUT2D eigenvalue weighted by molar-refractivity contribution is 6.51. The SMILES string of the molecule is O=C(O)c1cc(-c2c(Cl)cc(Cl)c(Cl)c2Cl)ccc1O. The van der Waals surface area contributed by atoms with Crippen LogP contribution in [0.15, 0.2) is 24.3 Å². The van der Waals surface area contributed by atoms with Crippen molar-refractivity contribution in [2.75, 3.05) is 0 Å². The summed E-state index contributed by atoms with van der Waals surface area (Å²) in [5.74, 6) is -1.62. The predicted octanol–water partition coefficient (Wildman–Crippen LogP) is 5.37. The molecule has 0 unspecified atom stereocenters. The topological polar surface area (TPSA) is 57.5 Å². The number of benzene rings is 2. The van der Waals surface area contributed by atoms with Gasteiger partial charge in [0.25, 0.3) is 0 Å². The molecule has 0 spiro atoms. The second-order valence-corrected chi connectivity index (χ2v) is 5.45. The van der Waals surface area contributed by atoms with Gasteiger partial charge in [0.2, 0.25) is 0 Å². The van der Waals surface area contributed by atoms with Crippen LogP contribution >= 0.6 is 46.4 Å². The minimum atomic E-state index is -1.27. The highest BCUT2D eigenvalue weighted by atomic mass is 35.5. The van der Waals surface area contributed by atoms with Crippen LogP contribution in [0.1, 0.15) is 10.4 Å². The standard InChI is InChI=1S/C13H6Cl4O3/c14-7-4-8(15)11(16)12(17)10(7)5-1-2-9(18)6(3-5)13(19)20/h1-4,18H,(H,19,20). The summed E-state index contributed by atoms with van der Waals surface area (Å²) in [5, 5.41) is 19.2. The minimum absolute atomic E-state index is 0.117. The van der Waals surface area contributed by atoms with E-state index in [-0.39, 0.29) is 31.4 Å². The molecule has 20 heavy (non-hydrogen) atoms. The summed E-state index contributed by atoms with van der Waals surface area (Å²) in [7, 11) is 0. The zero-order chi connectivity index (χ0) is 15.0. The molecule has 0 fully saturated rings. The third-order valence-electron chi connectivity index (χ3n) is 2.63. The first-order valence-electron chi connectivity index (χ1n) is 5.22. The van der Waals surface area contributed by atoms with Gasteiger partial charge in [-0.3, -0.25) is 0 Å². The van der Waals surface area contributed by atoms with Gasteiger partial charge in [0, 0.05) is 5.56 Å². The summed E-state index contributed by atoms with van der Waals surface area (Å²) in [6.07, 6.45) is 0. The molecule has 3 nitrogen and oxygen atoms in total. The fraction of sp³-hybridized carbons (Fsp3) is 0. The quantitative estimate of drug-likeness (QED) is 0.564. The van der Waals surface area contributed by atoms with Crippen molar-refractivity contribution in [1.82, 2.24) is 0 Å². The normalized spacial score (nSPS) is 10.6. The minimum Gasteiger partial charge on any atom is -0.507 e. The molecule has 0 aromatic heterocycles. The van der Waals surface area contributed by atoms with Crippen LogP contribution in [0.4, 0.5) is 0 Å². The lowest BCUT2D eigenvalue weighted by atomic mass is 10.0. The van der Waals surface area contributed by atoms with E-state index in [2.05, 4.69) is 0 Å². The van der Waals surface area contributed by atoms with Gasteiger partial charge in [-0.15, -0.1) is 0 Å². The van der Waals surface area contributed by atoms with Gasteiger partial charge in [0.1, 0.15) is 11.3 Å². The molecule has 0 amide bonds. The number of aromatic carboxylic acids is 1. The van der Waals surface area contributed by atoms with Gasteiger partial charge in [0.05, 0.1) is 20.1 Å². The molecule has 0 saturated carbocycles. The molecular weight excluding hydrogens is 346 g/mol. The van der Waals surface area contributed by atoms with E-state index in [0.717, 1.165) is 0 Å². The van der Waals surface area contributed by atoms with Crippen molar-refractivity contribution in [2.45, 2.75) is 0 Å². The molecule has 0 heterocycles. The number of rotatable bonds is 2. The van der Waals surface area contributed by atoms with E-state index in [1.807, 2.05) is 0 Å². The Morgan fingerprint density at radius 1 is 0.950 bits per heavy atom. The number of hydrogen-bond acceptors (Lipinski definition) is 2. The Bertz CT molecular complexity index is 713. The monoisotopic (exact) mass is 350 g/mol. The molecule has 0 aliphatic heterocycles. The van der Waals surface area contributed by atoms with Crippen LogP contribution in [0.2, 0.25) is 20.1 Å². The summed E-state index contributed by atoms with van der Waals surface area (Å²) >= 11 is 24.0. The smallest absolute Gasteiger partial charge is 0.339 e. The van der Waals surface area contributed by atoms with Crippen LogP contribution in [0.5, 0.6) is 5.75 Å². The zero-order valence-corrected chi connectivity index (χ0v) is 12.6. The lowest BCUT2D eigenvalue weighted by Gasteiger charge is -2.11. The average Bonchev–Trinajstić information content (AvgIpc) is 2.37. The molecule has 2 N–H and O–H groups in total. The largest absolute Gasteiger partial charge is 0.507 e. The summed E-state index contributed by atoms with van der Waals surface area (Å²) in [4.78, 5) is 11.0. The lowest BCUT2D eigenvalue weighted by Crippen LogP contribution is -1.97. The Labute approximate surface area is 134 Å². The van der Waals surface area contributed by atoms with Gasteiger partial charge in [-0.25, -0.2) is 4.79 Å². The van der Waals surface area contributed by atoms with Crippen LogP contribution < -0.4 is 0 Å². The fourth-order valence-corrected chi connectivity index (χ4v) is 2.82. The van der Waals surface area contributed by atoms with E-state index in [4.69, 9.17) is 51.5 Å². The summed E-state index contributed by atoms with van der Waals surface area (Å²) in [5.41, 5.74) is 0.500. The van der Waals surface area contributed by atoms with E-state index in [1.54, 1.807) is 0 Å². The predicted molar refractivity (Wildman–Crippen MR) is 80.5 cm³/mol. The van der Waals surface area contributed by atoms with Gasteiger partial charge in [0.15, 0.2) is 0 Å². The van der Waals surface area contributed by atoms with E-state index in [9.17, 15) is 9.90 Å². The zero-order valence-electron chi connectivity index (χ0n) is 9.62. The number of carboxylic acid groups (broad SMARTS) is 1. The van der Waals surface area contributed by atoms with Crippen molar-refractivity contribution in [3.05, 3.63) is 49.9 Å². The van der Waals surface area contributed by atoms with Gasteiger partial charge >= 0.3 is 5.97 Å². The summed E-state index contributed by atoms with van der Waals surface area (Å²) in [6.45, 7) is 0. The number of aromatic hydroxyl groups is 1. The van der Waals surface area contributed by atoms with Crippen molar-refractivity contribution in [3.63, 3.8) is 0 Å². The van der Waals surface area contributed by atoms with Gasteiger partial charge < -0.3 is 10.2 Å². The van der Waals surface area contributed by atoms with Crippen LogP contribution in [-0.4, -0.2) is 16.2 Å². The maximum Gasteiger partial charge on any atom is 0.339 e. The molecule has 2 aromatic rings. The Hall–Kier alpha value is -1.13. The summed E-state index contributed by atoms with van der Waals surface area (Å²) in [6, 6.07) is 5.40. The van der Waals surface area contributed by atoms with Crippen molar-refractivity contribution in [1.29, 1.82) is 0 Å². The first-order chi connectivity index (χ1) is 9.32. The third kappa shape index (κ3) is 2.67. The molecule has 2 rings (SSSR count). The van der Waals surface area contributed by atoms with Crippen LogP contribution in [0.25, 0.3) is 11.1 Å². The number of hydrogen-bond donors (Lipinski definition) is 2. The maximum absolute atomic E-state index is 11.0. The summed E-state index contributed by atoms with van der Waals surface area (Å²) < 4.78 is 0. The average molecular weight is 352 g/mol. The van der Waals surface area contributed by atoms with Crippen LogP contribution in [0.3, 0.4) is 0 Å². The van der Waals surface area contributed by atoms with E-state index in [1.165, 1.54) is 24.3 Å². The number of phenols is 1. The fourth-order valence-electron chi connectivity index (χ4n) is 1.69. The highest BCUT2D eigenvalue weighted by Crippen LogP contribution is 2.43. The number of carboxylic acids is 1. The Kier molecular flexibility index (Phi) is 4.35. The second kappa shape index (κ2) is 5.70. The van der Waals surface area contributed by atoms with E-state index < -0.39 is 5.97 Å². The van der Waals surface area contributed by atoms with E-state index >= 15 is 0 Å². The van der Waals surface area contributed by atoms with Crippen molar-refractivity contribution in [2.24, 2.45) is 0 Å². The molecule has 2 aromatic carbocycles. The highest BCUT2D eigenvalue weighted by Gasteiger charge is 2.18. The number of carbonyl (C=O) groups is 1. The molecule has 0 aliphatic rings. The molecule has 7 heteroatoms. The van der Waals surface area contributed by atoms with Crippen molar-refractivity contribution in [3.8, 4) is 16.9 Å². The van der Waals surface area contributed by atoms with E-state index in [0.29, 0.717) is 11.1 Å². The first-order valence-corrected chi connectivity index (χ1v) is 6.73. The molecule has 0 radical (unpaired) electrons. The molecule has 0 atom stereocenters. The maximum atomic E-state index is 11.0.